The number of benzene rings is 2. The molecule has 1 aliphatic carbocycles. The molecule has 1 atom stereocenters. The van der Waals surface area contributed by atoms with E-state index in [0.29, 0.717) is 29.9 Å². The Kier molecular flexibility index (Phi) is 8.27. The minimum absolute atomic E-state index is 0.0310. The summed E-state index contributed by atoms with van der Waals surface area (Å²) in [7, 11) is 4.14. The summed E-state index contributed by atoms with van der Waals surface area (Å²) in [4.78, 5) is 38.0. The van der Waals surface area contributed by atoms with Crippen LogP contribution in [0.2, 0.25) is 0 Å². The van der Waals surface area contributed by atoms with Crippen molar-refractivity contribution in [3.05, 3.63) is 89.2 Å². The van der Waals surface area contributed by atoms with Crippen LogP contribution in [0.4, 0.5) is 0 Å². The average molecular weight is 517 g/mol. The van der Waals surface area contributed by atoms with Crippen LogP contribution in [-0.2, 0) is 35.0 Å². The number of fused-ring (bicyclic) bond motifs is 1. The van der Waals surface area contributed by atoms with Crippen molar-refractivity contribution in [3.8, 4) is 11.3 Å². The molecular weight excluding hydrogens is 484 g/mol. The van der Waals surface area contributed by atoms with Crippen LogP contribution in [0.25, 0.3) is 16.9 Å². The molecule has 2 aromatic carbocycles. The van der Waals surface area contributed by atoms with E-state index in [1.165, 1.54) is 21.1 Å². The van der Waals surface area contributed by atoms with Gasteiger partial charge in [-0.3, -0.25) is 9.59 Å². The largest absolute Gasteiger partial charge is 0.468 e. The predicted molar refractivity (Wildman–Crippen MR) is 142 cm³/mol. The maximum absolute atomic E-state index is 13.1. The fourth-order valence-corrected chi connectivity index (χ4v) is 5.21. The van der Waals surface area contributed by atoms with E-state index in [4.69, 9.17) is 18.6 Å². The molecule has 3 aromatic rings. The number of esters is 2. The summed E-state index contributed by atoms with van der Waals surface area (Å²) in [6, 6.07) is 19.4. The first kappa shape index (κ1) is 27.1. The predicted octanol–water partition coefficient (Wildman–Crippen LogP) is 5.71. The van der Waals surface area contributed by atoms with Gasteiger partial charge in [0.1, 0.15) is 23.4 Å². The lowest BCUT2D eigenvalue weighted by Gasteiger charge is -2.33. The third-order valence-corrected chi connectivity index (χ3v) is 6.97. The zero-order valence-electron chi connectivity index (χ0n) is 22.1. The maximum Gasteiger partial charge on any atom is 0.324 e. The molecule has 0 saturated heterocycles. The molecule has 1 aromatic heterocycles. The lowest BCUT2D eigenvalue weighted by atomic mass is 9.70. The first-order valence-corrected chi connectivity index (χ1v) is 12.5. The third kappa shape index (κ3) is 5.07. The highest BCUT2D eigenvalue weighted by Crippen LogP contribution is 2.51. The monoisotopic (exact) mass is 516 g/mol. The maximum atomic E-state index is 13.1. The number of Topliss-reactive ketones (excluding diaryl/α,β-unsaturated/α-hetero) is 1. The SMILES string of the molecule is COC(=O)C1(C(=O)OC)C/C(=C/CCC(C)=O)c2c(oc(-c3ccccc3)c2C(OC)c2ccccc2)C1. The number of rotatable bonds is 9. The van der Waals surface area contributed by atoms with Crippen LogP contribution >= 0.6 is 0 Å². The number of hydrogen-bond acceptors (Lipinski definition) is 7. The molecule has 0 saturated carbocycles. The van der Waals surface area contributed by atoms with Crippen LogP contribution in [-0.4, -0.2) is 39.1 Å². The van der Waals surface area contributed by atoms with Crippen LogP contribution in [0.1, 0.15) is 54.7 Å². The number of hydrogen-bond donors (Lipinski definition) is 0. The molecule has 7 heteroatoms. The lowest BCUT2D eigenvalue weighted by molar-refractivity contribution is -0.169. The van der Waals surface area contributed by atoms with Gasteiger partial charge < -0.3 is 23.4 Å². The van der Waals surface area contributed by atoms with E-state index in [9.17, 15) is 14.4 Å². The molecule has 1 aliphatic rings. The Morgan fingerprint density at radius 2 is 1.53 bits per heavy atom. The highest BCUT2D eigenvalue weighted by molar-refractivity contribution is 6.03. The van der Waals surface area contributed by atoms with Gasteiger partial charge in [-0.1, -0.05) is 66.7 Å². The van der Waals surface area contributed by atoms with Crippen molar-refractivity contribution in [3.63, 3.8) is 0 Å². The number of ketones is 1. The Morgan fingerprint density at radius 1 is 0.921 bits per heavy atom. The summed E-state index contributed by atoms with van der Waals surface area (Å²) in [6.07, 6.45) is 2.20. The summed E-state index contributed by atoms with van der Waals surface area (Å²) in [5.74, 6) is -0.292. The van der Waals surface area contributed by atoms with Gasteiger partial charge in [0.25, 0.3) is 0 Å². The Bertz CT molecular complexity index is 1320. The standard InChI is InChI=1S/C31H32O7/c1-20(32)12-11-17-23-18-31(29(33)36-3,30(34)37-4)19-24-25(23)26(27(35-2)21-13-7-5-8-14-21)28(38-24)22-15-9-6-10-16-22/h5-10,13-17,27H,11-12,18-19H2,1-4H3/b23-17-. The molecule has 1 unspecified atom stereocenters. The van der Waals surface area contributed by atoms with Gasteiger partial charge in [-0.2, -0.15) is 0 Å². The number of carbonyl (C=O) groups excluding carboxylic acids is 3. The van der Waals surface area contributed by atoms with E-state index in [1.807, 2.05) is 66.7 Å². The van der Waals surface area contributed by atoms with Crippen LogP contribution in [0.5, 0.6) is 0 Å². The molecule has 198 valence electrons. The van der Waals surface area contributed by atoms with Crippen molar-refractivity contribution in [1.82, 2.24) is 0 Å². The van der Waals surface area contributed by atoms with Crippen molar-refractivity contribution in [2.45, 2.75) is 38.7 Å². The zero-order valence-corrected chi connectivity index (χ0v) is 22.1. The lowest BCUT2D eigenvalue weighted by Crippen LogP contribution is -2.45. The number of allylic oxidation sites excluding steroid dienone is 2. The molecule has 0 bridgehead atoms. The van der Waals surface area contributed by atoms with Gasteiger partial charge in [-0.15, -0.1) is 0 Å². The molecule has 7 nitrogen and oxygen atoms in total. The van der Waals surface area contributed by atoms with Gasteiger partial charge in [0.05, 0.1) is 14.2 Å². The van der Waals surface area contributed by atoms with Crippen molar-refractivity contribution in [2.24, 2.45) is 5.41 Å². The van der Waals surface area contributed by atoms with Crippen molar-refractivity contribution in [1.29, 1.82) is 0 Å². The molecule has 0 radical (unpaired) electrons. The van der Waals surface area contributed by atoms with E-state index in [0.717, 1.165) is 22.3 Å². The average Bonchev–Trinajstić information content (AvgIpc) is 3.32. The topological polar surface area (TPSA) is 92.0 Å². The molecular formula is C31H32O7. The van der Waals surface area contributed by atoms with Gasteiger partial charge in [0.15, 0.2) is 5.41 Å². The molecule has 0 spiro atoms. The van der Waals surface area contributed by atoms with Gasteiger partial charge in [-0.25, -0.2) is 0 Å². The highest BCUT2D eigenvalue weighted by atomic mass is 16.5. The summed E-state index contributed by atoms with van der Waals surface area (Å²) >= 11 is 0. The molecule has 0 fully saturated rings. The minimum Gasteiger partial charge on any atom is -0.468 e. The van der Waals surface area contributed by atoms with Gasteiger partial charge in [0, 0.05) is 43.1 Å². The Hall–Kier alpha value is -3.97. The smallest absolute Gasteiger partial charge is 0.324 e. The second-order valence-corrected chi connectivity index (χ2v) is 9.42. The molecule has 1 heterocycles. The van der Waals surface area contributed by atoms with E-state index in [-0.39, 0.29) is 18.6 Å². The second-order valence-electron chi connectivity index (χ2n) is 9.42. The van der Waals surface area contributed by atoms with Crippen LogP contribution in [0.3, 0.4) is 0 Å². The van der Waals surface area contributed by atoms with Crippen molar-refractivity contribution in [2.75, 3.05) is 21.3 Å². The van der Waals surface area contributed by atoms with Crippen LogP contribution in [0.15, 0.2) is 71.2 Å². The number of carbonyl (C=O) groups is 3. The number of furan rings is 1. The fourth-order valence-electron chi connectivity index (χ4n) is 5.21. The Morgan fingerprint density at radius 3 is 2.08 bits per heavy atom. The first-order chi connectivity index (χ1) is 18.4. The number of ether oxygens (including phenoxy) is 3. The summed E-state index contributed by atoms with van der Waals surface area (Å²) in [6.45, 7) is 1.53. The van der Waals surface area contributed by atoms with E-state index >= 15 is 0 Å². The summed E-state index contributed by atoms with van der Waals surface area (Å²) in [5.41, 5.74) is 2.44. The first-order valence-electron chi connectivity index (χ1n) is 12.5. The molecule has 4 rings (SSSR count). The fraction of sp³-hybridized carbons (Fsp3) is 0.323. The third-order valence-electron chi connectivity index (χ3n) is 6.97. The Balaban J connectivity index is 2.02. The molecule has 0 aliphatic heterocycles. The van der Waals surface area contributed by atoms with Gasteiger partial charge >= 0.3 is 11.9 Å². The summed E-state index contributed by atoms with van der Waals surface area (Å²) < 4.78 is 22.8. The highest BCUT2D eigenvalue weighted by Gasteiger charge is 2.54. The van der Waals surface area contributed by atoms with E-state index in [2.05, 4.69) is 0 Å². The van der Waals surface area contributed by atoms with E-state index < -0.39 is 23.5 Å². The van der Waals surface area contributed by atoms with E-state index in [1.54, 1.807) is 7.11 Å². The second kappa shape index (κ2) is 11.6. The van der Waals surface area contributed by atoms with Crippen LogP contribution in [0, 0.1) is 5.41 Å². The summed E-state index contributed by atoms with van der Waals surface area (Å²) in [5, 5.41) is 0. The minimum atomic E-state index is -1.61. The Labute approximate surface area is 222 Å². The number of methoxy groups -OCH3 is 3. The van der Waals surface area contributed by atoms with Gasteiger partial charge in [0.2, 0.25) is 0 Å². The van der Waals surface area contributed by atoms with Gasteiger partial charge in [-0.05, 0) is 24.5 Å². The zero-order chi connectivity index (χ0) is 27.3. The molecule has 0 N–H and O–H groups in total. The quantitative estimate of drug-likeness (QED) is 0.266. The normalized spacial score (nSPS) is 15.9. The molecule has 38 heavy (non-hydrogen) atoms. The van der Waals surface area contributed by atoms with Crippen molar-refractivity contribution < 1.29 is 33.0 Å². The molecule has 0 amide bonds. The van der Waals surface area contributed by atoms with Crippen molar-refractivity contribution >= 4 is 23.3 Å². The van der Waals surface area contributed by atoms with Crippen LogP contribution < -0.4 is 0 Å².